The zero-order chi connectivity index (χ0) is 18.6. The molecular formula is C22H26N2O2. The van der Waals surface area contributed by atoms with Crippen LogP contribution in [0.5, 0.6) is 0 Å². The summed E-state index contributed by atoms with van der Waals surface area (Å²) in [4.78, 5) is 27.0. The predicted molar refractivity (Wildman–Crippen MR) is 103 cm³/mol. The maximum Gasteiger partial charge on any atom is 0.245 e. The highest BCUT2D eigenvalue weighted by Crippen LogP contribution is 2.30. The Bertz CT molecular complexity index is 770. The van der Waals surface area contributed by atoms with E-state index in [1.54, 1.807) is 4.90 Å². The molecular weight excluding hydrogens is 324 g/mol. The van der Waals surface area contributed by atoms with Gasteiger partial charge in [0.25, 0.3) is 0 Å². The van der Waals surface area contributed by atoms with Crippen LogP contribution in [0.15, 0.2) is 54.6 Å². The molecule has 4 nitrogen and oxygen atoms in total. The summed E-state index contributed by atoms with van der Waals surface area (Å²) in [6, 6.07) is 18.2. The number of carbonyl (C=O) groups excluding carboxylic acids is 2. The summed E-state index contributed by atoms with van der Waals surface area (Å²) in [5, 5.41) is 3.00. The van der Waals surface area contributed by atoms with E-state index in [2.05, 4.69) is 36.5 Å². The van der Waals surface area contributed by atoms with Crippen LogP contribution in [0.2, 0.25) is 0 Å². The van der Waals surface area contributed by atoms with Crippen LogP contribution in [0.3, 0.4) is 0 Å². The van der Waals surface area contributed by atoms with Gasteiger partial charge in [0.2, 0.25) is 11.8 Å². The molecule has 0 aromatic heterocycles. The van der Waals surface area contributed by atoms with Crippen LogP contribution in [0.25, 0.3) is 0 Å². The number of nitrogens with one attached hydrogen (secondary N) is 1. The Balaban J connectivity index is 1.64. The Hall–Kier alpha value is -2.62. The van der Waals surface area contributed by atoms with Gasteiger partial charge < -0.3 is 10.2 Å². The topological polar surface area (TPSA) is 49.4 Å². The van der Waals surface area contributed by atoms with E-state index < -0.39 is 5.54 Å². The molecule has 1 atom stereocenters. The standard InChI is InChI=1S/C22H26N2O2/c1-17-8-10-18(11-9-17)13-15-24-20(25)12-14-22(24,2)21(26)23-16-19-6-4-3-5-7-19/h3-11H,12-16H2,1-2H3,(H,23,26)/t22-/m1/s1. The van der Waals surface area contributed by atoms with Crippen molar-refractivity contribution in [3.8, 4) is 0 Å². The Morgan fingerprint density at radius 1 is 1.08 bits per heavy atom. The van der Waals surface area contributed by atoms with Gasteiger partial charge in [-0.1, -0.05) is 60.2 Å². The number of nitrogens with zero attached hydrogens (tertiary/aromatic N) is 1. The summed E-state index contributed by atoms with van der Waals surface area (Å²) in [6.45, 7) is 4.99. The molecule has 0 spiro atoms. The molecule has 1 fully saturated rings. The minimum atomic E-state index is -0.767. The van der Waals surface area contributed by atoms with Crippen molar-refractivity contribution < 1.29 is 9.59 Å². The quantitative estimate of drug-likeness (QED) is 0.869. The zero-order valence-corrected chi connectivity index (χ0v) is 15.5. The van der Waals surface area contributed by atoms with Crippen molar-refractivity contribution in [3.63, 3.8) is 0 Å². The van der Waals surface area contributed by atoms with Gasteiger partial charge in [-0.15, -0.1) is 0 Å². The number of aryl methyl sites for hydroxylation is 1. The summed E-state index contributed by atoms with van der Waals surface area (Å²) in [5.41, 5.74) is 2.69. The third-order valence-electron chi connectivity index (χ3n) is 5.25. The van der Waals surface area contributed by atoms with Gasteiger partial charge in [0.1, 0.15) is 5.54 Å². The number of hydrogen-bond donors (Lipinski definition) is 1. The monoisotopic (exact) mass is 350 g/mol. The van der Waals surface area contributed by atoms with Gasteiger partial charge in [0.15, 0.2) is 0 Å². The van der Waals surface area contributed by atoms with Crippen molar-refractivity contribution in [2.24, 2.45) is 0 Å². The van der Waals surface area contributed by atoms with Crippen LogP contribution in [-0.4, -0.2) is 28.8 Å². The van der Waals surface area contributed by atoms with Gasteiger partial charge in [-0.2, -0.15) is 0 Å². The first-order chi connectivity index (χ1) is 12.5. The van der Waals surface area contributed by atoms with E-state index in [0.717, 1.165) is 12.0 Å². The molecule has 0 bridgehead atoms. The third kappa shape index (κ3) is 3.96. The van der Waals surface area contributed by atoms with E-state index in [1.807, 2.05) is 37.3 Å². The maximum atomic E-state index is 12.8. The molecule has 1 aliphatic heterocycles. The molecule has 0 saturated carbocycles. The molecule has 1 saturated heterocycles. The van der Waals surface area contributed by atoms with Crippen LogP contribution in [0.4, 0.5) is 0 Å². The summed E-state index contributed by atoms with van der Waals surface area (Å²) < 4.78 is 0. The molecule has 1 aliphatic rings. The summed E-state index contributed by atoms with van der Waals surface area (Å²) in [5.74, 6) is -0.00872. The lowest BCUT2D eigenvalue weighted by molar-refractivity contribution is -0.140. The third-order valence-corrected chi connectivity index (χ3v) is 5.25. The second-order valence-corrected chi connectivity index (χ2v) is 7.22. The van der Waals surface area contributed by atoms with Crippen LogP contribution in [-0.2, 0) is 22.6 Å². The SMILES string of the molecule is Cc1ccc(CCN2C(=O)CC[C@]2(C)C(=O)NCc2ccccc2)cc1. The fourth-order valence-electron chi connectivity index (χ4n) is 3.47. The summed E-state index contributed by atoms with van der Waals surface area (Å²) >= 11 is 0. The molecule has 4 heteroatoms. The largest absolute Gasteiger partial charge is 0.350 e. The molecule has 2 aromatic rings. The molecule has 26 heavy (non-hydrogen) atoms. The lowest BCUT2D eigenvalue weighted by Gasteiger charge is -2.34. The second-order valence-electron chi connectivity index (χ2n) is 7.22. The highest BCUT2D eigenvalue weighted by molar-refractivity contribution is 5.94. The van der Waals surface area contributed by atoms with Crippen molar-refractivity contribution >= 4 is 11.8 Å². The van der Waals surface area contributed by atoms with Crippen LogP contribution < -0.4 is 5.32 Å². The number of likely N-dealkylation sites (tertiary alicyclic amines) is 1. The van der Waals surface area contributed by atoms with Crippen molar-refractivity contribution in [1.29, 1.82) is 0 Å². The first kappa shape index (κ1) is 18.2. The van der Waals surface area contributed by atoms with Gasteiger partial charge in [-0.25, -0.2) is 0 Å². The Morgan fingerprint density at radius 3 is 2.46 bits per heavy atom. The smallest absolute Gasteiger partial charge is 0.245 e. The molecule has 0 radical (unpaired) electrons. The summed E-state index contributed by atoms with van der Waals surface area (Å²) in [6.07, 6.45) is 1.76. The summed E-state index contributed by atoms with van der Waals surface area (Å²) in [7, 11) is 0. The molecule has 2 amide bonds. The first-order valence-corrected chi connectivity index (χ1v) is 9.17. The van der Waals surface area contributed by atoms with E-state index >= 15 is 0 Å². The lowest BCUT2D eigenvalue weighted by Crippen LogP contribution is -2.54. The van der Waals surface area contributed by atoms with E-state index in [4.69, 9.17) is 0 Å². The Labute approximate surface area is 155 Å². The van der Waals surface area contributed by atoms with Crippen molar-refractivity contribution in [2.45, 2.75) is 45.2 Å². The molecule has 2 aromatic carbocycles. The first-order valence-electron chi connectivity index (χ1n) is 9.17. The lowest BCUT2D eigenvalue weighted by atomic mass is 9.97. The number of hydrogen-bond acceptors (Lipinski definition) is 2. The average molecular weight is 350 g/mol. The number of benzene rings is 2. The predicted octanol–water partition coefficient (Wildman–Crippen LogP) is 3.24. The number of carbonyl (C=O) groups is 2. The van der Waals surface area contributed by atoms with Gasteiger partial charge in [0, 0.05) is 19.5 Å². The molecule has 0 aliphatic carbocycles. The van der Waals surface area contributed by atoms with Crippen LogP contribution in [0, 0.1) is 6.92 Å². The highest BCUT2D eigenvalue weighted by Gasteiger charge is 2.46. The molecule has 0 unspecified atom stereocenters. The number of rotatable bonds is 6. The van der Waals surface area contributed by atoms with Gasteiger partial charge in [0.05, 0.1) is 0 Å². The molecule has 1 N–H and O–H groups in total. The minimum absolute atomic E-state index is 0.0643. The Morgan fingerprint density at radius 2 is 1.77 bits per heavy atom. The van der Waals surface area contributed by atoms with Crippen molar-refractivity contribution in [1.82, 2.24) is 10.2 Å². The van der Waals surface area contributed by atoms with E-state index in [1.165, 1.54) is 11.1 Å². The fourth-order valence-corrected chi connectivity index (χ4v) is 3.47. The van der Waals surface area contributed by atoms with Crippen LogP contribution >= 0.6 is 0 Å². The van der Waals surface area contributed by atoms with E-state index in [0.29, 0.717) is 25.9 Å². The van der Waals surface area contributed by atoms with E-state index in [-0.39, 0.29) is 11.8 Å². The second kappa shape index (κ2) is 7.73. The highest BCUT2D eigenvalue weighted by atomic mass is 16.2. The number of amides is 2. The van der Waals surface area contributed by atoms with Gasteiger partial charge >= 0.3 is 0 Å². The minimum Gasteiger partial charge on any atom is -0.350 e. The molecule has 136 valence electrons. The van der Waals surface area contributed by atoms with Crippen molar-refractivity contribution in [2.75, 3.05) is 6.54 Å². The molecule has 3 rings (SSSR count). The van der Waals surface area contributed by atoms with Crippen LogP contribution in [0.1, 0.15) is 36.5 Å². The molecule has 1 heterocycles. The zero-order valence-electron chi connectivity index (χ0n) is 15.5. The maximum absolute atomic E-state index is 12.8. The van der Waals surface area contributed by atoms with E-state index in [9.17, 15) is 9.59 Å². The van der Waals surface area contributed by atoms with Gasteiger partial charge in [-0.3, -0.25) is 9.59 Å². The fraction of sp³-hybridized carbons (Fsp3) is 0.364. The average Bonchev–Trinajstić information content (AvgIpc) is 2.95. The van der Waals surface area contributed by atoms with Gasteiger partial charge in [-0.05, 0) is 37.8 Å². The normalized spacial score (nSPS) is 19.6. The van der Waals surface area contributed by atoms with Crippen molar-refractivity contribution in [3.05, 3.63) is 71.3 Å². The Kier molecular flexibility index (Phi) is 5.40.